The van der Waals surface area contributed by atoms with Crippen LogP contribution in [0.25, 0.3) is 16.6 Å². The van der Waals surface area contributed by atoms with E-state index in [4.69, 9.17) is 5.73 Å². The molecule has 0 fully saturated rings. The second kappa shape index (κ2) is 4.37. The fourth-order valence-electron chi connectivity index (χ4n) is 2.02. The monoisotopic (exact) mass is 286 g/mol. The van der Waals surface area contributed by atoms with Crippen molar-refractivity contribution in [1.29, 1.82) is 0 Å². The number of phenolic OH excluding ortho intramolecular Hbond substituents is 2. The van der Waals surface area contributed by atoms with Gasteiger partial charge in [-0.05, 0) is 6.07 Å². The molecule has 8 heteroatoms. The highest BCUT2D eigenvalue weighted by molar-refractivity contribution is 5.81. The van der Waals surface area contributed by atoms with Gasteiger partial charge in [-0.3, -0.25) is 10.1 Å². The summed E-state index contributed by atoms with van der Waals surface area (Å²) >= 11 is 0. The van der Waals surface area contributed by atoms with Crippen LogP contribution < -0.4 is 5.73 Å². The largest absolute Gasteiger partial charge is 0.506 e. The summed E-state index contributed by atoms with van der Waals surface area (Å²) in [6.07, 6.45) is 1.52. The minimum absolute atomic E-state index is 0.0450. The summed E-state index contributed by atoms with van der Waals surface area (Å²) in [6, 6.07) is 6.72. The Bertz CT molecular complexity index is 872. The number of nitro groups is 1. The van der Waals surface area contributed by atoms with Gasteiger partial charge in [0.1, 0.15) is 17.2 Å². The summed E-state index contributed by atoms with van der Waals surface area (Å²) in [4.78, 5) is 10.3. The van der Waals surface area contributed by atoms with Crippen LogP contribution in [-0.2, 0) is 0 Å². The van der Waals surface area contributed by atoms with Gasteiger partial charge in [-0.1, -0.05) is 0 Å². The highest BCUT2D eigenvalue weighted by Gasteiger charge is 2.13. The number of benzene rings is 2. The third-order valence-electron chi connectivity index (χ3n) is 3.07. The zero-order valence-electron chi connectivity index (χ0n) is 10.6. The molecule has 0 unspecified atom stereocenters. The van der Waals surface area contributed by atoms with E-state index >= 15 is 0 Å². The van der Waals surface area contributed by atoms with Gasteiger partial charge >= 0.3 is 0 Å². The lowest BCUT2D eigenvalue weighted by molar-refractivity contribution is -0.384. The van der Waals surface area contributed by atoms with Gasteiger partial charge in [0.15, 0.2) is 0 Å². The number of nitrogens with zero attached hydrogens (tertiary/aromatic N) is 3. The molecule has 21 heavy (non-hydrogen) atoms. The average molecular weight is 286 g/mol. The van der Waals surface area contributed by atoms with E-state index in [0.717, 1.165) is 0 Å². The molecule has 0 aliphatic heterocycles. The molecule has 3 rings (SSSR count). The third-order valence-corrected chi connectivity index (χ3v) is 3.07. The normalized spacial score (nSPS) is 10.9. The molecule has 1 heterocycles. The SMILES string of the molecule is Nc1cc(O)c(-n2cc3cc([N+](=O)[O-])ccc3n2)cc1O. The Morgan fingerprint density at radius 3 is 2.67 bits per heavy atom. The van der Waals surface area contributed by atoms with Crippen molar-refractivity contribution in [1.82, 2.24) is 9.78 Å². The summed E-state index contributed by atoms with van der Waals surface area (Å²) in [5, 5.41) is 35.0. The van der Waals surface area contributed by atoms with E-state index in [2.05, 4.69) is 5.10 Å². The van der Waals surface area contributed by atoms with Crippen molar-refractivity contribution in [3.05, 3.63) is 46.6 Å². The quantitative estimate of drug-likeness (QED) is 0.217. The van der Waals surface area contributed by atoms with Gasteiger partial charge in [0.05, 0.1) is 16.1 Å². The Hall–Kier alpha value is -3.29. The molecule has 0 bridgehead atoms. The maximum absolute atomic E-state index is 10.7. The van der Waals surface area contributed by atoms with Gasteiger partial charge < -0.3 is 15.9 Å². The number of hydrogen-bond acceptors (Lipinski definition) is 6. The first-order valence-electron chi connectivity index (χ1n) is 5.91. The van der Waals surface area contributed by atoms with Gasteiger partial charge in [0, 0.05) is 35.8 Å². The smallest absolute Gasteiger partial charge is 0.270 e. The number of nitrogens with two attached hydrogens (primary N) is 1. The van der Waals surface area contributed by atoms with E-state index in [9.17, 15) is 20.3 Å². The third kappa shape index (κ3) is 2.08. The van der Waals surface area contributed by atoms with Crippen LogP contribution in [0.2, 0.25) is 0 Å². The van der Waals surface area contributed by atoms with Gasteiger partial charge in [0.2, 0.25) is 0 Å². The van der Waals surface area contributed by atoms with Crippen LogP contribution in [-0.4, -0.2) is 24.9 Å². The summed E-state index contributed by atoms with van der Waals surface area (Å²) < 4.78 is 1.32. The molecular weight excluding hydrogens is 276 g/mol. The Morgan fingerprint density at radius 1 is 1.19 bits per heavy atom. The van der Waals surface area contributed by atoms with Crippen molar-refractivity contribution in [2.24, 2.45) is 0 Å². The number of nitro benzene ring substituents is 1. The maximum atomic E-state index is 10.7. The Morgan fingerprint density at radius 2 is 1.95 bits per heavy atom. The van der Waals surface area contributed by atoms with Crippen molar-refractivity contribution in [3.63, 3.8) is 0 Å². The fourth-order valence-corrected chi connectivity index (χ4v) is 2.02. The van der Waals surface area contributed by atoms with Gasteiger partial charge in [-0.2, -0.15) is 5.10 Å². The van der Waals surface area contributed by atoms with Gasteiger partial charge in [0.25, 0.3) is 5.69 Å². The fraction of sp³-hybridized carbons (Fsp3) is 0. The van der Waals surface area contributed by atoms with E-state index in [0.29, 0.717) is 10.9 Å². The highest BCUT2D eigenvalue weighted by atomic mass is 16.6. The lowest BCUT2D eigenvalue weighted by Crippen LogP contribution is -1.96. The van der Waals surface area contributed by atoms with E-state index < -0.39 is 4.92 Å². The second-order valence-corrected chi connectivity index (χ2v) is 4.47. The molecule has 2 aromatic carbocycles. The minimum Gasteiger partial charge on any atom is -0.506 e. The number of aromatic nitrogens is 2. The molecule has 8 nitrogen and oxygen atoms in total. The van der Waals surface area contributed by atoms with Crippen molar-refractivity contribution < 1.29 is 15.1 Å². The average Bonchev–Trinajstić information content (AvgIpc) is 2.85. The van der Waals surface area contributed by atoms with Crippen LogP contribution in [0, 0.1) is 10.1 Å². The molecule has 0 aliphatic rings. The lowest BCUT2D eigenvalue weighted by Gasteiger charge is -2.06. The zero-order valence-corrected chi connectivity index (χ0v) is 10.6. The zero-order chi connectivity index (χ0) is 15.1. The van der Waals surface area contributed by atoms with Crippen molar-refractivity contribution in [3.8, 4) is 17.2 Å². The predicted molar refractivity (Wildman–Crippen MR) is 75.5 cm³/mol. The number of non-ortho nitro benzene ring substituents is 1. The highest BCUT2D eigenvalue weighted by Crippen LogP contribution is 2.32. The van der Waals surface area contributed by atoms with Gasteiger partial charge in [-0.25, -0.2) is 4.68 Å². The molecule has 0 saturated heterocycles. The number of rotatable bonds is 2. The molecule has 3 aromatic rings. The van der Waals surface area contributed by atoms with Gasteiger partial charge in [-0.15, -0.1) is 0 Å². The number of nitrogen functional groups attached to an aromatic ring is 1. The Labute approximate surface area is 117 Å². The molecule has 0 saturated carbocycles. The van der Waals surface area contributed by atoms with Crippen molar-refractivity contribution in [2.75, 3.05) is 5.73 Å². The van der Waals surface area contributed by atoms with Crippen molar-refractivity contribution >= 4 is 22.3 Å². The van der Waals surface area contributed by atoms with Crippen molar-refractivity contribution in [2.45, 2.75) is 0 Å². The molecule has 1 aromatic heterocycles. The first-order chi connectivity index (χ1) is 9.95. The standard InChI is InChI=1S/C13H10N4O4/c14-9-4-13(19)11(5-12(9)18)16-6-7-3-8(17(20)21)1-2-10(7)15-16/h1-6,18-19H,14H2. The topological polar surface area (TPSA) is 127 Å². The molecule has 0 aliphatic carbocycles. The summed E-state index contributed by atoms with van der Waals surface area (Å²) in [7, 11) is 0. The molecule has 106 valence electrons. The predicted octanol–water partition coefficient (Wildman–Crippen LogP) is 1.93. The number of phenols is 2. The molecule has 0 atom stereocenters. The summed E-state index contributed by atoms with van der Waals surface area (Å²) in [5.41, 5.74) is 6.22. The molecular formula is C13H10N4O4. The number of aromatic hydroxyl groups is 2. The summed E-state index contributed by atoms with van der Waals surface area (Å²) in [5.74, 6) is -0.346. The Kier molecular flexibility index (Phi) is 2.65. The van der Waals surface area contributed by atoms with Crippen LogP contribution in [0.4, 0.5) is 11.4 Å². The number of fused-ring (bicyclic) bond motifs is 1. The minimum atomic E-state index is -0.497. The van der Waals surface area contributed by atoms with E-state index in [-0.39, 0.29) is 28.6 Å². The Balaban J connectivity index is 2.17. The number of hydrogen-bond donors (Lipinski definition) is 3. The first-order valence-corrected chi connectivity index (χ1v) is 5.91. The summed E-state index contributed by atoms with van der Waals surface area (Å²) in [6.45, 7) is 0. The molecule has 0 radical (unpaired) electrons. The van der Waals surface area contributed by atoms with E-state index in [1.54, 1.807) is 0 Å². The second-order valence-electron chi connectivity index (χ2n) is 4.47. The van der Waals surface area contributed by atoms with Crippen LogP contribution >= 0.6 is 0 Å². The van der Waals surface area contributed by atoms with E-state index in [1.807, 2.05) is 0 Å². The lowest BCUT2D eigenvalue weighted by atomic mass is 10.2. The molecule has 4 N–H and O–H groups in total. The molecule has 0 amide bonds. The maximum Gasteiger partial charge on any atom is 0.270 e. The first kappa shape index (κ1) is 12.7. The van der Waals surface area contributed by atoms with E-state index in [1.165, 1.54) is 41.2 Å². The van der Waals surface area contributed by atoms with Crippen LogP contribution in [0.15, 0.2) is 36.5 Å². The number of anilines is 1. The molecule has 0 spiro atoms. The van der Waals surface area contributed by atoms with Crippen LogP contribution in [0.3, 0.4) is 0 Å². The van der Waals surface area contributed by atoms with Crippen LogP contribution in [0.1, 0.15) is 0 Å². The van der Waals surface area contributed by atoms with Crippen LogP contribution in [0.5, 0.6) is 11.5 Å².